The van der Waals surface area contributed by atoms with Gasteiger partial charge in [-0.1, -0.05) is 26.0 Å². The van der Waals surface area contributed by atoms with Gasteiger partial charge in [0.2, 0.25) is 5.88 Å². The average molecular weight is 313 g/mol. The van der Waals surface area contributed by atoms with Crippen molar-refractivity contribution in [1.82, 2.24) is 14.8 Å². The third-order valence-corrected chi connectivity index (χ3v) is 3.27. The molecule has 0 aliphatic carbocycles. The average Bonchev–Trinajstić information content (AvgIpc) is 2.93. The molecule has 0 aromatic carbocycles. The number of nitrogens with zero attached hydrogens (tertiary/aromatic N) is 3. The number of hydrogen-bond acceptors (Lipinski definition) is 4. The highest BCUT2D eigenvalue weighted by atomic mass is 16.5. The lowest BCUT2D eigenvalue weighted by Crippen LogP contribution is -1.97. The molecule has 0 saturated carbocycles. The highest BCUT2D eigenvalue weighted by molar-refractivity contribution is 5.76. The van der Waals surface area contributed by atoms with E-state index in [-0.39, 0.29) is 11.7 Å². The fraction of sp³-hybridized carbons (Fsp3) is 0.389. The van der Waals surface area contributed by atoms with Crippen LogP contribution in [0, 0.1) is 5.92 Å². The topological polar surface area (TPSA) is 57.0 Å². The zero-order chi connectivity index (χ0) is 16.7. The molecular weight excluding hydrogens is 290 g/mol. The number of allylic oxidation sites excluding steroid dienone is 1. The van der Waals surface area contributed by atoms with Crippen molar-refractivity contribution in [3.8, 4) is 11.6 Å². The van der Waals surface area contributed by atoms with Crippen LogP contribution in [0.1, 0.15) is 39.2 Å². The fourth-order valence-corrected chi connectivity index (χ4v) is 2.22. The predicted molar refractivity (Wildman–Crippen MR) is 90.3 cm³/mol. The first-order valence-electron chi connectivity index (χ1n) is 7.91. The molecule has 0 radical (unpaired) electrons. The van der Waals surface area contributed by atoms with Crippen LogP contribution in [0.2, 0.25) is 0 Å². The van der Waals surface area contributed by atoms with Gasteiger partial charge in [-0.2, -0.15) is 5.10 Å². The van der Waals surface area contributed by atoms with Crippen LogP contribution >= 0.6 is 0 Å². The Balaban J connectivity index is 1.93. The number of ether oxygens (including phenoxy) is 1. The van der Waals surface area contributed by atoms with Gasteiger partial charge in [0.05, 0.1) is 12.4 Å². The molecule has 2 heterocycles. The van der Waals surface area contributed by atoms with Crippen LogP contribution in [0.3, 0.4) is 0 Å². The van der Waals surface area contributed by atoms with Crippen molar-refractivity contribution in [3.63, 3.8) is 0 Å². The molecule has 0 unspecified atom stereocenters. The van der Waals surface area contributed by atoms with Gasteiger partial charge in [-0.3, -0.25) is 4.68 Å². The molecule has 0 spiro atoms. The smallest absolute Gasteiger partial charge is 0.219 e. The van der Waals surface area contributed by atoms with Gasteiger partial charge in [0.25, 0.3) is 0 Å². The molecule has 0 amide bonds. The van der Waals surface area contributed by atoms with Crippen LogP contribution in [0.4, 0.5) is 0 Å². The zero-order valence-corrected chi connectivity index (χ0v) is 13.9. The Morgan fingerprint density at radius 2 is 2.22 bits per heavy atom. The minimum Gasteiger partial charge on any atom is -0.436 e. The molecule has 0 fully saturated rings. The number of carbonyl (C=O) groups is 1. The Bertz CT molecular complexity index is 659. The second-order valence-corrected chi connectivity index (χ2v) is 5.71. The van der Waals surface area contributed by atoms with Crippen LogP contribution in [0.15, 0.2) is 36.8 Å². The Kier molecular flexibility index (Phi) is 6.09. The fourth-order valence-electron chi connectivity index (χ4n) is 2.22. The molecule has 5 heteroatoms. The highest BCUT2D eigenvalue weighted by Gasteiger charge is 2.03. The van der Waals surface area contributed by atoms with E-state index in [1.807, 2.05) is 42.1 Å². The van der Waals surface area contributed by atoms with Crippen molar-refractivity contribution in [2.75, 3.05) is 0 Å². The van der Waals surface area contributed by atoms with Gasteiger partial charge in [0, 0.05) is 25.2 Å². The third-order valence-electron chi connectivity index (χ3n) is 3.27. The number of aromatic nitrogens is 3. The summed E-state index contributed by atoms with van der Waals surface area (Å²) in [5, 5.41) is 4.22. The number of carbonyl (C=O) groups excluding carboxylic acids is 1. The lowest BCUT2D eigenvalue weighted by Gasteiger charge is -2.03. The van der Waals surface area contributed by atoms with Crippen LogP contribution < -0.4 is 4.74 Å². The van der Waals surface area contributed by atoms with Crippen molar-refractivity contribution in [3.05, 3.63) is 42.4 Å². The van der Waals surface area contributed by atoms with Gasteiger partial charge in [-0.25, -0.2) is 4.98 Å². The summed E-state index contributed by atoms with van der Waals surface area (Å²) >= 11 is 0. The van der Waals surface area contributed by atoms with Crippen molar-refractivity contribution >= 4 is 11.9 Å². The monoisotopic (exact) mass is 313 g/mol. The number of Topliss-reactive ketones (excluding diaryl/α,β-unsaturated/α-hetero) is 1. The van der Waals surface area contributed by atoms with E-state index < -0.39 is 0 Å². The quantitative estimate of drug-likeness (QED) is 0.736. The van der Waals surface area contributed by atoms with Gasteiger partial charge in [-0.15, -0.1) is 0 Å². The second-order valence-electron chi connectivity index (χ2n) is 5.71. The first kappa shape index (κ1) is 16.9. The first-order valence-corrected chi connectivity index (χ1v) is 7.91. The summed E-state index contributed by atoms with van der Waals surface area (Å²) < 4.78 is 7.53. The first-order chi connectivity index (χ1) is 11.1. The largest absolute Gasteiger partial charge is 0.436 e. The predicted octanol–water partition coefficient (Wildman–Crippen LogP) is 4.11. The van der Waals surface area contributed by atoms with E-state index in [1.54, 1.807) is 19.3 Å². The van der Waals surface area contributed by atoms with E-state index in [1.165, 1.54) is 0 Å². The molecule has 122 valence electrons. The molecule has 0 N–H and O–H groups in total. The van der Waals surface area contributed by atoms with E-state index in [4.69, 9.17) is 4.74 Å². The summed E-state index contributed by atoms with van der Waals surface area (Å²) in [6.07, 6.45) is 10.9. The zero-order valence-electron chi connectivity index (χ0n) is 13.9. The molecule has 2 aromatic rings. The summed E-state index contributed by atoms with van der Waals surface area (Å²) in [4.78, 5) is 15.3. The maximum Gasteiger partial charge on any atom is 0.219 e. The lowest BCUT2D eigenvalue weighted by atomic mass is 10.0. The van der Waals surface area contributed by atoms with Crippen LogP contribution in [0.25, 0.3) is 6.08 Å². The Morgan fingerprint density at radius 3 is 2.87 bits per heavy atom. The normalized spacial score (nSPS) is 12.5. The number of pyridine rings is 1. The molecule has 0 saturated heterocycles. The van der Waals surface area contributed by atoms with E-state index in [0.29, 0.717) is 18.1 Å². The highest BCUT2D eigenvalue weighted by Crippen LogP contribution is 2.19. The lowest BCUT2D eigenvalue weighted by molar-refractivity contribution is -0.117. The summed E-state index contributed by atoms with van der Waals surface area (Å²) in [5.74, 6) is 1.65. The Labute approximate surface area is 137 Å². The Morgan fingerprint density at radius 1 is 1.39 bits per heavy atom. The summed E-state index contributed by atoms with van der Waals surface area (Å²) in [7, 11) is 0. The van der Waals surface area contributed by atoms with Crippen molar-refractivity contribution < 1.29 is 9.53 Å². The molecule has 0 aliphatic heterocycles. The molecule has 5 nitrogen and oxygen atoms in total. The summed E-state index contributed by atoms with van der Waals surface area (Å²) in [5.41, 5.74) is 0.981. The second kappa shape index (κ2) is 8.27. The molecule has 2 rings (SSSR count). The van der Waals surface area contributed by atoms with Crippen LogP contribution in [0.5, 0.6) is 11.6 Å². The van der Waals surface area contributed by atoms with E-state index in [0.717, 1.165) is 18.5 Å². The number of ketones is 1. The van der Waals surface area contributed by atoms with Gasteiger partial charge in [-0.05, 0) is 30.9 Å². The van der Waals surface area contributed by atoms with Crippen LogP contribution in [-0.4, -0.2) is 20.5 Å². The maximum atomic E-state index is 11.1. The van der Waals surface area contributed by atoms with Gasteiger partial charge in [0.15, 0.2) is 5.75 Å². The maximum absolute atomic E-state index is 11.1. The van der Waals surface area contributed by atoms with E-state index in [2.05, 4.69) is 17.0 Å². The molecular formula is C18H23N3O2. The van der Waals surface area contributed by atoms with E-state index in [9.17, 15) is 4.79 Å². The van der Waals surface area contributed by atoms with Crippen molar-refractivity contribution in [2.24, 2.45) is 5.92 Å². The Hall–Kier alpha value is -2.43. The number of aryl methyl sites for hydroxylation is 1. The van der Waals surface area contributed by atoms with Gasteiger partial charge in [0.1, 0.15) is 5.78 Å². The molecule has 0 aliphatic rings. The molecule has 23 heavy (non-hydrogen) atoms. The summed E-state index contributed by atoms with van der Waals surface area (Å²) in [6.45, 7) is 6.61. The molecule has 1 atom stereocenters. The number of hydrogen-bond donors (Lipinski definition) is 0. The van der Waals surface area contributed by atoms with Crippen molar-refractivity contribution in [2.45, 2.75) is 40.2 Å². The van der Waals surface area contributed by atoms with Crippen LogP contribution in [-0.2, 0) is 11.3 Å². The molecule has 2 aromatic heterocycles. The standard InChI is InChI=1S/C18H23N3O2/c1-4-9-21-13-17(12-20-21)23-18-8-7-16(11-19-18)6-5-14(2)10-15(3)22/h5-8,11-14H,4,9-10H2,1-3H3/b6-5+/t14-/m0/s1. The van der Waals surface area contributed by atoms with E-state index >= 15 is 0 Å². The minimum atomic E-state index is 0.202. The third kappa shape index (κ3) is 5.70. The van der Waals surface area contributed by atoms with Gasteiger partial charge < -0.3 is 9.53 Å². The minimum absolute atomic E-state index is 0.202. The van der Waals surface area contributed by atoms with Gasteiger partial charge >= 0.3 is 0 Å². The SMILES string of the molecule is CCCn1cc(Oc2ccc(/C=C/[C@H](C)CC(C)=O)cn2)cn1. The number of rotatable bonds is 8. The van der Waals surface area contributed by atoms with Crippen molar-refractivity contribution in [1.29, 1.82) is 0 Å². The summed E-state index contributed by atoms with van der Waals surface area (Å²) in [6, 6.07) is 3.77. The molecule has 0 bridgehead atoms.